The van der Waals surface area contributed by atoms with Crippen LogP contribution in [0.25, 0.3) is 0 Å². The van der Waals surface area contributed by atoms with Gasteiger partial charge in [-0.15, -0.1) is 11.3 Å². The molecule has 3 nitrogen and oxygen atoms in total. The second kappa shape index (κ2) is 4.54. The lowest BCUT2D eigenvalue weighted by molar-refractivity contribution is 0.292. The molecule has 0 aliphatic rings. The SMILES string of the molecule is Cc1ncsc1CCNN(C)C. The van der Waals surface area contributed by atoms with Crippen LogP contribution in [-0.2, 0) is 6.42 Å². The number of thiazole rings is 1. The zero-order chi connectivity index (χ0) is 8.97. The predicted molar refractivity (Wildman–Crippen MR) is 52.2 cm³/mol. The van der Waals surface area contributed by atoms with Crippen LogP contribution in [0.4, 0.5) is 0 Å². The maximum atomic E-state index is 4.19. The third-order valence-corrected chi connectivity index (χ3v) is 2.62. The molecule has 1 aromatic heterocycles. The third-order valence-electron chi connectivity index (χ3n) is 1.62. The molecular weight excluding hydrogens is 170 g/mol. The highest BCUT2D eigenvalue weighted by molar-refractivity contribution is 7.09. The maximum Gasteiger partial charge on any atom is 0.0797 e. The van der Waals surface area contributed by atoms with Crippen LogP contribution in [0.5, 0.6) is 0 Å². The zero-order valence-corrected chi connectivity index (χ0v) is 8.61. The van der Waals surface area contributed by atoms with E-state index in [0.29, 0.717) is 0 Å². The Bertz CT molecular complexity index is 232. The fourth-order valence-electron chi connectivity index (χ4n) is 0.959. The van der Waals surface area contributed by atoms with E-state index >= 15 is 0 Å². The summed E-state index contributed by atoms with van der Waals surface area (Å²) in [5.41, 5.74) is 6.29. The van der Waals surface area contributed by atoms with Gasteiger partial charge in [0.05, 0.1) is 11.2 Å². The van der Waals surface area contributed by atoms with Crippen LogP contribution in [0.1, 0.15) is 10.6 Å². The van der Waals surface area contributed by atoms with Gasteiger partial charge in [0.25, 0.3) is 0 Å². The predicted octanol–water partition coefficient (Wildman–Crippen LogP) is 1.06. The highest BCUT2D eigenvalue weighted by atomic mass is 32.1. The van der Waals surface area contributed by atoms with Crippen molar-refractivity contribution in [3.63, 3.8) is 0 Å². The summed E-state index contributed by atoms with van der Waals surface area (Å²) in [7, 11) is 4.00. The first-order valence-electron chi connectivity index (χ1n) is 4.00. The van der Waals surface area contributed by atoms with E-state index in [4.69, 9.17) is 0 Å². The summed E-state index contributed by atoms with van der Waals surface area (Å²) in [5.74, 6) is 0. The van der Waals surface area contributed by atoms with Gasteiger partial charge in [-0.25, -0.2) is 4.98 Å². The van der Waals surface area contributed by atoms with E-state index in [0.717, 1.165) is 13.0 Å². The van der Waals surface area contributed by atoms with Crippen molar-refractivity contribution in [2.24, 2.45) is 0 Å². The molecule has 1 heterocycles. The molecule has 68 valence electrons. The minimum atomic E-state index is 0.982. The summed E-state index contributed by atoms with van der Waals surface area (Å²) >= 11 is 1.73. The molecule has 1 rings (SSSR count). The van der Waals surface area contributed by atoms with Crippen molar-refractivity contribution in [3.8, 4) is 0 Å². The molecule has 0 bridgehead atoms. The summed E-state index contributed by atoms with van der Waals surface area (Å²) in [5, 5.41) is 1.97. The highest BCUT2D eigenvalue weighted by Crippen LogP contribution is 2.11. The fraction of sp³-hybridized carbons (Fsp3) is 0.625. The summed E-state index contributed by atoms with van der Waals surface area (Å²) in [6, 6.07) is 0. The van der Waals surface area contributed by atoms with Crippen molar-refractivity contribution >= 4 is 11.3 Å². The number of hydrogen-bond donors (Lipinski definition) is 1. The van der Waals surface area contributed by atoms with E-state index in [9.17, 15) is 0 Å². The van der Waals surface area contributed by atoms with Crippen LogP contribution in [0.3, 0.4) is 0 Å². The van der Waals surface area contributed by atoms with Gasteiger partial charge in [-0.05, 0) is 13.3 Å². The molecule has 0 unspecified atom stereocenters. The van der Waals surface area contributed by atoms with E-state index in [2.05, 4.69) is 17.3 Å². The summed E-state index contributed by atoms with van der Waals surface area (Å²) in [4.78, 5) is 5.57. The number of hydrazine groups is 1. The van der Waals surface area contributed by atoms with E-state index in [-0.39, 0.29) is 0 Å². The van der Waals surface area contributed by atoms with Crippen LogP contribution in [0.15, 0.2) is 5.51 Å². The van der Waals surface area contributed by atoms with Gasteiger partial charge in [-0.1, -0.05) is 0 Å². The Balaban J connectivity index is 2.29. The molecule has 0 aromatic carbocycles. The van der Waals surface area contributed by atoms with Crippen molar-refractivity contribution in [1.82, 2.24) is 15.4 Å². The van der Waals surface area contributed by atoms with Crippen LogP contribution in [-0.4, -0.2) is 30.6 Å². The first-order chi connectivity index (χ1) is 5.70. The number of aromatic nitrogens is 1. The quantitative estimate of drug-likeness (QED) is 0.711. The number of rotatable bonds is 4. The molecule has 0 amide bonds. The normalized spacial score (nSPS) is 11.0. The van der Waals surface area contributed by atoms with Crippen molar-refractivity contribution in [2.45, 2.75) is 13.3 Å². The summed E-state index contributed by atoms with van der Waals surface area (Å²) in [6.45, 7) is 3.04. The van der Waals surface area contributed by atoms with Crippen LogP contribution in [0.2, 0.25) is 0 Å². The molecule has 4 heteroatoms. The largest absolute Gasteiger partial charge is 0.255 e. The van der Waals surface area contributed by atoms with Crippen LogP contribution in [0, 0.1) is 6.92 Å². The molecule has 12 heavy (non-hydrogen) atoms. The molecule has 0 atom stereocenters. The Hall–Kier alpha value is -0.450. The Morgan fingerprint density at radius 3 is 2.83 bits per heavy atom. The molecular formula is C8H15N3S. The number of aryl methyl sites for hydroxylation is 1. The van der Waals surface area contributed by atoms with Gasteiger partial charge in [0.1, 0.15) is 0 Å². The second-order valence-electron chi connectivity index (χ2n) is 2.91. The van der Waals surface area contributed by atoms with Gasteiger partial charge in [0.15, 0.2) is 0 Å². The lowest BCUT2D eigenvalue weighted by Gasteiger charge is -2.10. The Morgan fingerprint density at radius 2 is 2.33 bits per heavy atom. The lowest BCUT2D eigenvalue weighted by Crippen LogP contribution is -2.31. The van der Waals surface area contributed by atoms with Gasteiger partial charge in [0.2, 0.25) is 0 Å². The number of nitrogens with one attached hydrogen (secondary N) is 1. The minimum Gasteiger partial charge on any atom is -0.255 e. The molecule has 0 fully saturated rings. The van der Waals surface area contributed by atoms with E-state index in [1.54, 1.807) is 11.3 Å². The molecule has 1 N–H and O–H groups in total. The average molecular weight is 185 g/mol. The van der Waals surface area contributed by atoms with Gasteiger partial charge in [-0.2, -0.15) is 0 Å². The van der Waals surface area contributed by atoms with Gasteiger partial charge >= 0.3 is 0 Å². The van der Waals surface area contributed by atoms with Crippen molar-refractivity contribution in [3.05, 3.63) is 16.1 Å². The second-order valence-corrected chi connectivity index (χ2v) is 3.85. The monoisotopic (exact) mass is 185 g/mol. The fourth-order valence-corrected chi connectivity index (χ4v) is 1.74. The summed E-state index contributed by atoms with van der Waals surface area (Å²) in [6.07, 6.45) is 1.06. The van der Waals surface area contributed by atoms with Crippen molar-refractivity contribution < 1.29 is 0 Å². The third kappa shape index (κ3) is 2.89. The molecule has 0 aliphatic heterocycles. The highest BCUT2D eigenvalue weighted by Gasteiger charge is 1.99. The first-order valence-corrected chi connectivity index (χ1v) is 4.88. The van der Waals surface area contributed by atoms with E-state index in [1.165, 1.54) is 10.6 Å². The molecule has 0 saturated heterocycles. The summed E-state index contributed by atoms with van der Waals surface area (Å²) < 4.78 is 0. The Morgan fingerprint density at radius 1 is 1.58 bits per heavy atom. The maximum absolute atomic E-state index is 4.19. The Labute approximate surface area is 77.4 Å². The van der Waals surface area contributed by atoms with Gasteiger partial charge in [0, 0.05) is 25.5 Å². The molecule has 0 aliphatic carbocycles. The van der Waals surface area contributed by atoms with Gasteiger partial charge < -0.3 is 0 Å². The topological polar surface area (TPSA) is 28.2 Å². The lowest BCUT2D eigenvalue weighted by atomic mass is 10.3. The number of nitrogens with zero attached hydrogens (tertiary/aromatic N) is 2. The van der Waals surface area contributed by atoms with Crippen molar-refractivity contribution in [2.75, 3.05) is 20.6 Å². The van der Waals surface area contributed by atoms with Gasteiger partial charge in [-0.3, -0.25) is 10.4 Å². The first kappa shape index (κ1) is 9.64. The van der Waals surface area contributed by atoms with E-state index in [1.807, 2.05) is 24.6 Å². The molecule has 1 aromatic rings. The molecule has 0 saturated carbocycles. The standard InChI is InChI=1S/C8H15N3S/c1-7-8(12-6-9-7)4-5-10-11(2)3/h6,10H,4-5H2,1-3H3. The van der Waals surface area contributed by atoms with E-state index < -0.39 is 0 Å². The Kier molecular flexibility index (Phi) is 3.65. The van der Waals surface area contributed by atoms with Crippen LogP contribution < -0.4 is 5.43 Å². The molecule has 0 radical (unpaired) electrons. The average Bonchev–Trinajstić information content (AvgIpc) is 2.36. The number of hydrogen-bond acceptors (Lipinski definition) is 4. The smallest absolute Gasteiger partial charge is 0.0797 e. The van der Waals surface area contributed by atoms with Crippen LogP contribution >= 0.6 is 11.3 Å². The minimum absolute atomic E-state index is 0.982. The zero-order valence-electron chi connectivity index (χ0n) is 7.79. The molecule has 0 spiro atoms. The van der Waals surface area contributed by atoms with Crippen molar-refractivity contribution in [1.29, 1.82) is 0 Å².